The van der Waals surface area contributed by atoms with Gasteiger partial charge in [-0.25, -0.2) is 0 Å². The van der Waals surface area contributed by atoms with E-state index in [1.807, 2.05) is 0 Å². The molecule has 2 atom stereocenters. The first-order valence-electron chi connectivity index (χ1n) is 6.13. The average molecular weight is 211 g/mol. The summed E-state index contributed by atoms with van der Waals surface area (Å²) in [6.45, 7) is 4.13. The lowest BCUT2D eigenvalue weighted by molar-refractivity contribution is -0.145. The van der Waals surface area contributed by atoms with Crippen molar-refractivity contribution in [3.63, 3.8) is 0 Å². The van der Waals surface area contributed by atoms with Crippen LogP contribution in [0.5, 0.6) is 0 Å². The van der Waals surface area contributed by atoms with E-state index in [-0.39, 0.29) is 6.04 Å². The Morgan fingerprint density at radius 3 is 2.73 bits per heavy atom. The Morgan fingerprint density at radius 1 is 1.40 bits per heavy atom. The quantitative estimate of drug-likeness (QED) is 0.773. The molecule has 0 spiro atoms. The molecule has 1 N–H and O–H groups in total. The zero-order chi connectivity index (χ0) is 10.8. The number of carboxylic acid groups (broad SMARTS) is 1. The summed E-state index contributed by atoms with van der Waals surface area (Å²) in [5.74, 6) is 0.847. The van der Waals surface area contributed by atoms with E-state index in [1.165, 1.54) is 19.3 Å². The molecule has 0 bridgehead atoms. The first-order valence-corrected chi connectivity index (χ1v) is 6.13. The monoisotopic (exact) mass is 211 g/mol. The molecule has 0 amide bonds. The molecule has 0 radical (unpaired) electrons. The van der Waals surface area contributed by atoms with Crippen molar-refractivity contribution in [2.45, 2.75) is 45.1 Å². The zero-order valence-corrected chi connectivity index (χ0v) is 9.48. The van der Waals surface area contributed by atoms with Crippen molar-refractivity contribution in [2.24, 2.45) is 11.8 Å². The molecule has 15 heavy (non-hydrogen) atoms. The molecule has 2 fully saturated rings. The highest BCUT2D eigenvalue weighted by Gasteiger charge is 2.32. The number of piperidine rings is 1. The standard InChI is InChI=1S/C12H21NO2/c1-9-4-6-13(7-5-10-2-3-10)11(8-9)12(14)15/h9-11H,2-8H2,1H3,(H,14,15). The molecule has 1 saturated carbocycles. The van der Waals surface area contributed by atoms with Gasteiger partial charge >= 0.3 is 5.97 Å². The van der Waals surface area contributed by atoms with Gasteiger partial charge in [0.15, 0.2) is 0 Å². The van der Waals surface area contributed by atoms with Crippen LogP contribution in [-0.2, 0) is 4.79 Å². The van der Waals surface area contributed by atoms with E-state index in [1.54, 1.807) is 0 Å². The predicted molar refractivity (Wildman–Crippen MR) is 58.7 cm³/mol. The van der Waals surface area contributed by atoms with E-state index in [0.29, 0.717) is 5.92 Å². The Labute approximate surface area is 91.5 Å². The Hall–Kier alpha value is -0.570. The van der Waals surface area contributed by atoms with Gasteiger partial charge in [-0.15, -0.1) is 0 Å². The van der Waals surface area contributed by atoms with Crippen molar-refractivity contribution in [3.8, 4) is 0 Å². The van der Waals surface area contributed by atoms with Gasteiger partial charge in [0.2, 0.25) is 0 Å². The number of hydrogen-bond donors (Lipinski definition) is 1. The molecule has 2 rings (SSSR count). The van der Waals surface area contributed by atoms with Crippen molar-refractivity contribution in [3.05, 3.63) is 0 Å². The lowest BCUT2D eigenvalue weighted by Crippen LogP contribution is -2.47. The number of rotatable bonds is 4. The highest BCUT2D eigenvalue weighted by atomic mass is 16.4. The Bertz CT molecular complexity index is 238. The van der Waals surface area contributed by atoms with Crippen LogP contribution in [0.3, 0.4) is 0 Å². The molecule has 3 nitrogen and oxygen atoms in total. The van der Waals surface area contributed by atoms with Gasteiger partial charge in [0, 0.05) is 0 Å². The van der Waals surface area contributed by atoms with Crippen molar-refractivity contribution < 1.29 is 9.90 Å². The van der Waals surface area contributed by atoms with Crippen molar-refractivity contribution in [1.29, 1.82) is 0 Å². The smallest absolute Gasteiger partial charge is 0.320 e. The summed E-state index contributed by atoms with van der Waals surface area (Å²) >= 11 is 0. The van der Waals surface area contributed by atoms with Crippen LogP contribution < -0.4 is 0 Å². The second kappa shape index (κ2) is 4.52. The topological polar surface area (TPSA) is 40.5 Å². The maximum atomic E-state index is 11.1. The molecule has 0 aromatic carbocycles. The molecule has 2 aliphatic rings. The van der Waals surface area contributed by atoms with Crippen LogP contribution in [0.15, 0.2) is 0 Å². The molecule has 0 aromatic heterocycles. The first kappa shape index (κ1) is 10.9. The Balaban J connectivity index is 1.85. The van der Waals surface area contributed by atoms with Gasteiger partial charge in [-0.1, -0.05) is 19.8 Å². The number of hydrogen-bond acceptors (Lipinski definition) is 2. The van der Waals surface area contributed by atoms with Crippen LogP contribution in [0.2, 0.25) is 0 Å². The lowest BCUT2D eigenvalue weighted by atomic mass is 9.92. The van der Waals surface area contributed by atoms with Crippen LogP contribution in [0, 0.1) is 11.8 Å². The molecule has 2 unspecified atom stereocenters. The van der Waals surface area contributed by atoms with E-state index < -0.39 is 5.97 Å². The van der Waals surface area contributed by atoms with E-state index in [4.69, 9.17) is 5.11 Å². The zero-order valence-electron chi connectivity index (χ0n) is 9.48. The minimum Gasteiger partial charge on any atom is -0.480 e. The molecular weight excluding hydrogens is 190 g/mol. The first-order chi connectivity index (χ1) is 7.16. The molecule has 1 saturated heterocycles. The van der Waals surface area contributed by atoms with E-state index in [2.05, 4.69) is 11.8 Å². The molecular formula is C12H21NO2. The molecule has 1 aliphatic carbocycles. The van der Waals surface area contributed by atoms with E-state index in [0.717, 1.165) is 31.8 Å². The molecule has 3 heteroatoms. The highest BCUT2D eigenvalue weighted by molar-refractivity contribution is 5.73. The SMILES string of the molecule is CC1CCN(CCC2CC2)C(C(=O)O)C1. The molecule has 1 aliphatic heterocycles. The fraction of sp³-hybridized carbons (Fsp3) is 0.917. The van der Waals surface area contributed by atoms with Crippen molar-refractivity contribution in [2.75, 3.05) is 13.1 Å². The summed E-state index contributed by atoms with van der Waals surface area (Å²) in [4.78, 5) is 13.3. The number of likely N-dealkylation sites (tertiary alicyclic amines) is 1. The molecule has 86 valence electrons. The third-order valence-electron chi connectivity index (χ3n) is 3.78. The van der Waals surface area contributed by atoms with E-state index in [9.17, 15) is 4.79 Å². The van der Waals surface area contributed by atoms with Gasteiger partial charge in [0.25, 0.3) is 0 Å². The maximum Gasteiger partial charge on any atom is 0.320 e. The van der Waals surface area contributed by atoms with Crippen LogP contribution >= 0.6 is 0 Å². The van der Waals surface area contributed by atoms with Gasteiger partial charge in [-0.3, -0.25) is 9.69 Å². The third-order valence-corrected chi connectivity index (χ3v) is 3.78. The number of aliphatic carboxylic acids is 1. The van der Waals surface area contributed by atoms with Crippen LogP contribution in [0.25, 0.3) is 0 Å². The minimum atomic E-state index is -0.627. The van der Waals surface area contributed by atoms with Crippen LogP contribution in [0.4, 0.5) is 0 Å². The predicted octanol–water partition coefficient (Wildman–Crippen LogP) is 1.97. The van der Waals surface area contributed by atoms with Gasteiger partial charge in [0.05, 0.1) is 0 Å². The number of carboxylic acids is 1. The largest absolute Gasteiger partial charge is 0.480 e. The lowest BCUT2D eigenvalue weighted by Gasteiger charge is -2.35. The maximum absolute atomic E-state index is 11.1. The summed E-state index contributed by atoms with van der Waals surface area (Å²) in [6.07, 6.45) is 5.93. The van der Waals surface area contributed by atoms with Gasteiger partial charge in [0.1, 0.15) is 6.04 Å². The normalized spacial score (nSPS) is 32.9. The Kier molecular flexibility index (Phi) is 3.29. The van der Waals surface area contributed by atoms with Gasteiger partial charge in [-0.05, 0) is 44.2 Å². The van der Waals surface area contributed by atoms with Gasteiger partial charge < -0.3 is 5.11 Å². The fourth-order valence-electron chi connectivity index (χ4n) is 2.47. The Morgan fingerprint density at radius 2 is 2.13 bits per heavy atom. The molecule has 0 aromatic rings. The summed E-state index contributed by atoms with van der Waals surface area (Å²) in [5, 5.41) is 9.17. The van der Waals surface area contributed by atoms with Crippen molar-refractivity contribution in [1.82, 2.24) is 4.90 Å². The number of nitrogens with zero attached hydrogens (tertiary/aromatic N) is 1. The summed E-state index contributed by atoms with van der Waals surface area (Å²) in [5.41, 5.74) is 0. The van der Waals surface area contributed by atoms with E-state index >= 15 is 0 Å². The summed E-state index contributed by atoms with van der Waals surface area (Å²) in [7, 11) is 0. The summed E-state index contributed by atoms with van der Waals surface area (Å²) < 4.78 is 0. The average Bonchev–Trinajstić information content (AvgIpc) is 2.99. The van der Waals surface area contributed by atoms with Crippen molar-refractivity contribution >= 4 is 5.97 Å². The van der Waals surface area contributed by atoms with Crippen LogP contribution in [0.1, 0.15) is 39.0 Å². The second-order valence-corrected chi connectivity index (χ2v) is 5.25. The minimum absolute atomic E-state index is 0.215. The van der Waals surface area contributed by atoms with Gasteiger partial charge in [-0.2, -0.15) is 0 Å². The molecule has 1 heterocycles. The highest BCUT2D eigenvalue weighted by Crippen LogP contribution is 2.33. The van der Waals surface area contributed by atoms with Crippen LogP contribution in [-0.4, -0.2) is 35.1 Å². The summed E-state index contributed by atoms with van der Waals surface area (Å²) in [6, 6.07) is -0.215. The third kappa shape index (κ3) is 2.94. The number of carbonyl (C=O) groups is 1. The fourth-order valence-corrected chi connectivity index (χ4v) is 2.47. The second-order valence-electron chi connectivity index (χ2n) is 5.25.